The highest BCUT2D eigenvalue weighted by Crippen LogP contribution is 2.27. The van der Waals surface area contributed by atoms with Gasteiger partial charge in [-0.2, -0.15) is 0 Å². The zero-order valence-corrected chi connectivity index (χ0v) is 8.60. The number of rotatable bonds is 1. The molecule has 0 aromatic heterocycles. The van der Waals surface area contributed by atoms with Gasteiger partial charge in [0.25, 0.3) is 9.05 Å². The number of amides is 1. The number of carbonyl (C=O) groups excluding carboxylic acids is 1. The van der Waals surface area contributed by atoms with Crippen LogP contribution >= 0.6 is 10.7 Å². The first kappa shape index (κ1) is 9.61. The van der Waals surface area contributed by atoms with Gasteiger partial charge in [0.1, 0.15) is 0 Å². The average molecular weight is 232 g/mol. The maximum Gasteiger partial charge on any atom is 0.261 e. The minimum atomic E-state index is -3.69. The van der Waals surface area contributed by atoms with Gasteiger partial charge in [0.05, 0.1) is 17.0 Å². The van der Waals surface area contributed by atoms with Crippen molar-refractivity contribution < 1.29 is 13.2 Å². The fourth-order valence-corrected chi connectivity index (χ4v) is 2.32. The van der Waals surface area contributed by atoms with Gasteiger partial charge >= 0.3 is 0 Å². The Morgan fingerprint density at radius 2 is 2.14 bits per heavy atom. The third-order valence-corrected chi connectivity index (χ3v) is 3.45. The first-order valence-electron chi connectivity index (χ1n) is 3.93. The van der Waals surface area contributed by atoms with E-state index in [-0.39, 0.29) is 17.2 Å². The van der Waals surface area contributed by atoms with Gasteiger partial charge in [0.2, 0.25) is 5.91 Å². The van der Waals surface area contributed by atoms with Gasteiger partial charge < -0.3 is 0 Å². The maximum absolute atomic E-state index is 11.0. The minimum Gasteiger partial charge on any atom is -0.272 e. The Kier molecular flexibility index (Phi) is 2.08. The van der Waals surface area contributed by atoms with E-state index in [0.717, 1.165) is 0 Å². The number of aliphatic imine (C=N–C) groups is 1. The van der Waals surface area contributed by atoms with Crippen LogP contribution in [0.25, 0.3) is 0 Å². The van der Waals surface area contributed by atoms with Gasteiger partial charge in [-0.15, -0.1) is 0 Å². The van der Waals surface area contributed by atoms with Crippen LogP contribution in [-0.4, -0.2) is 20.0 Å². The molecule has 0 aromatic carbocycles. The molecule has 4 nitrogen and oxygen atoms in total. The second kappa shape index (κ2) is 3.03. The largest absolute Gasteiger partial charge is 0.272 e. The molecule has 0 N–H and O–H groups in total. The molecule has 14 heavy (non-hydrogen) atoms. The smallest absolute Gasteiger partial charge is 0.261 e. The predicted molar refractivity (Wildman–Crippen MR) is 52.6 cm³/mol. The van der Waals surface area contributed by atoms with Crippen LogP contribution in [0.3, 0.4) is 0 Å². The molecule has 0 aromatic rings. The summed E-state index contributed by atoms with van der Waals surface area (Å²) < 4.78 is 22.0. The molecule has 0 unspecified atom stereocenters. The molecule has 6 heteroatoms. The fourth-order valence-electron chi connectivity index (χ4n) is 1.44. The number of fused-ring (bicyclic) bond motifs is 1. The van der Waals surface area contributed by atoms with E-state index in [9.17, 15) is 13.2 Å². The summed E-state index contributed by atoms with van der Waals surface area (Å²) in [7, 11) is 1.48. The van der Waals surface area contributed by atoms with E-state index in [4.69, 9.17) is 10.7 Å². The van der Waals surface area contributed by atoms with E-state index >= 15 is 0 Å². The topological polar surface area (TPSA) is 63.6 Å². The van der Waals surface area contributed by atoms with Crippen molar-refractivity contribution in [1.82, 2.24) is 0 Å². The van der Waals surface area contributed by atoms with E-state index < -0.39 is 9.05 Å². The van der Waals surface area contributed by atoms with Gasteiger partial charge in [0.15, 0.2) is 0 Å². The fraction of sp³-hybridized carbons (Fsp3) is 0.250. The Labute approximate surface area is 85.4 Å². The van der Waals surface area contributed by atoms with Gasteiger partial charge in [0, 0.05) is 17.1 Å². The van der Waals surface area contributed by atoms with Crippen LogP contribution in [0.5, 0.6) is 0 Å². The third kappa shape index (κ3) is 1.65. The summed E-state index contributed by atoms with van der Waals surface area (Å²) in [6.45, 7) is 0. The van der Waals surface area contributed by atoms with Crippen LogP contribution in [0.15, 0.2) is 27.6 Å². The number of nitrogens with zero attached hydrogens (tertiary/aromatic N) is 1. The first-order chi connectivity index (χ1) is 6.47. The SMILES string of the molecule is O=C1CC2=CC(S(=O)(=O)Cl)=CCC2=N1. The quantitative estimate of drug-likeness (QED) is 0.636. The average Bonchev–Trinajstić information content (AvgIpc) is 2.41. The monoisotopic (exact) mass is 231 g/mol. The Balaban J connectivity index is 2.41. The second-order valence-corrected chi connectivity index (χ2v) is 5.61. The number of hydrogen-bond donors (Lipinski definition) is 0. The molecular weight excluding hydrogens is 226 g/mol. The van der Waals surface area contributed by atoms with E-state index in [1.54, 1.807) is 0 Å². The number of halogens is 1. The van der Waals surface area contributed by atoms with Crippen molar-refractivity contribution in [3.8, 4) is 0 Å². The van der Waals surface area contributed by atoms with E-state index in [0.29, 0.717) is 17.7 Å². The molecule has 0 bridgehead atoms. The Bertz CT molecular complexity index is 499. The molecule has 0 radical (unpaired) electrons. The van der Waals surface area contributed by atoms with Crippen molar-refractivity contribution in [3.05, 3.63) is 22.6 Å². The summed E-state index contributed by atoms with van der Waals surface area (Å²) in [4.78, 5) is 14.7. The standard InChI is InChI=1S/C8H6ClNO3S/c9-14(12,13)6-1-2-7-5(3-6)4-8(11)10-7/h1,3H,2,4H2. The molecule has 0 fully saturated rings. The van der Waals surface area contributed by atoms with Crippen LogP contribution in [0.2, 0.25) is 0 Å². The van der Waals surface area contributed by atoms with Crippen LogP contribution in [-0.2, 0) is 13.8 Å². The highest BCUT2D eigenvalue weighted by Gasteiger charge is 2.25. The summed E-state index contributed by atoms with van der Waals surface area (Å²) >= 11 is 0. The van der Waals surface area contributed by atoms with Gasteiger partial charge in [-0.1, -0.05) is 6.08 Å². The van der Waals surface area contributed by atoms with Crippen LogP contribution in [0.4, 0.5) is 0 Å². The Hall–Kier alpha value is -0.940. The molecule has 2 rings (SSSR count). The van der Waals surface area contributed by atoms with Crippen molar-refractivity contribution >= 4 is 31.4 Å². The first-order valence-corrected chi connectivity index (χ1v) is 6.24. The molecule has 0 saturated heterocycles. The predicted octanol–water partition coefficient (Wildman–Crippen LogP) is 1.14. The molecule has 1 heterocycles. The lowest BCUT2D eigenvalue weighted by molar-refractivity contribution is -0.116. The number of hydrogen-bond acceptors (Lipinski definition) is 3. The lowest BCUT2D eigenvalue weighted by Gasteiger charge is -2.07. The van der Waals surface area contributed by atoms with E-state index in [1.165, 1.54) is 12.2 Å². The molecule has 1 aliphatic heterocycles. The Morgan fingerprint density at radius 3 is 2.79 bits per heavy atom. The summed E-state index contributed by atoms with van der Waals surface area (Å²) in [5.74, 6) is -0.229. The molecule has 0 spiro atoms. The van der Waals surface area contributed by atoms with Crippen molar-refractivity contribution in [2.75, 3.05) is 0 Å². The van der Waals surface area contributed by atoms with Crippen molar-refractivity contribution in [2.45, 2.75) is 12.8 Å². The van der Waals surface area contributed by atoms with Crippen molar-refractivity contribution in [2.24, 2.45) is 4.99 Å². The Morgan fingerprint density at radius 1 is 1.43 bits per heavy atom. The van der Waals surface area contributed by atoms with Crippen LogP contribution in [0.1, 0.15) is 12.8 Å². The van der Waals surface area contributed by atoms with Crippen LogP contribution < -0.4 is 0 Å². The lowest BCUT2D eigenvalue weighted by atomic mass is 10.0. The van der Waals surface area contributed by atoms with E-state index in [1.807, 2.05) is 0 Å². The maximum atomic E-state index is 11.0. The van der Waals surface area contributed by atoms with Gasteiger partial charge in [-0.3, -0.25) is 4.79 Å². The van der Waals surface area contributed by atoms with Crippen molar-refractivity contribution in [1.29, 1.82) is 0 Å². The van der Waals surface area contributed by atoms with Gasteiger partial charge in [-0.05, 0) is 11.6 Å². The van der Waals surface area contributed by atoms with Crippen LogP contribution in [0, 0.1) is 0 Å². The normalized spacial score (nSPS) is 21.2. The summed E-state index contributed by atoms with van der Waals surface area (Å²) in [5.41, 5.74) is 1.32. The third-order valence-electron chi connectivity index (χ3n) is 2.07. The summed E-state index contributed by atoms with van der Waals surface area (Å²) in [6.07, 6.45) is 3.41. The lowest BCUT2D eigenvalue weighted by Crippen LogP contribution is -2.05. The van der Waals surface area contributed by atoms with Crippen molar-refractivity contribution in [3.63, 3.8) is 0 Å². The number of allylic oxidation sites excluding steroid dienone is 2. The second-order valence-electron chi connectivity index (χ2n) is 3.05. The highest BCUT2D eigenvalue weighted by molar-refractivity contribution is 8.17. The summed E-state index contributed by atoms with van der Waals surface area (Å²) in [5, 5.41) is 0. The molecule has 0 atom stereocenters. The molecule has 74 valence electrons. The van der Waals surface area contributed by atoms with E-state index in [2.05, 4.69) is 4.99 Å². The number of carbonyl (C=O) groups is 1. The zero-order valence-electron chi connectivity index (χ0n) is 7.03. The highest BCUT2D eigenvalue weighted by atomic mass is 35.7. The zero-order chi connectivity index (χ0) is 10.3. The minimum absolute atomic E-state index is 0.0582. The summed E-state index contributed by atoms with van der Waals surface area (Å²) in [6, 6.07) is 0. The van der Waals surface area contributed by atoms with Gasteiger partial charge in [-0.25, -0.2) is 13.4 Å². The molecule has 1 aliphatic carbocycles. The molecule has 0 saturated carbocycles. The molecule has 1 amide bonds. The molecular formula is C8H6ClNO3S. The molecule has 2 aliphatic rings.